The van der Waals surface area contributed by atoms with E-state index in [1.54, 1.807) is 21.7 Å². The van der Waals surface area contributed by atoms with Crippen LogP contribution < -0.4 is 5.69 Å². The monoisotopic (exact) mass is 481 g/mol. The van der Waals surface area contributed by atoms with Gasteiger partial charge in [0.15, 0.2) is 10.7 Å². The third-order valence-electron chi connectivity index (χ3n) is 6.22. The smallest absolute Gasteiger partial charge is 0.440 e. The molecule has 12 heteroatoms. The number of aromatic nitrogens is 4. The topological polar surface area (TPSA) is 93.1 Å². The van der Waals surface area contributed by atoms with E-state index in [0.29, 0.717) is 60.6 Å². The van der Waals surface area contributed by atoms with Crippen molar-refractivity contribution in [1.29, 1.82) is 0 Å². The lowest BCUT2D eigenvalue weighted by atomic mass is 10.1. The summed E-state index contributed by atoms with van der Waals surface area (Å²) in [6.45, 7) is 0.765. The third kappa shape index (κ3) is 4.23. The van der Waals surface area contributed by atoms with Crippen LogP contribution in [0.5, 0.6) is 0 Å². The van der Waals surface area contributed by atoms with Crippen molar-refractivity contribution in [2.75, 3.05) is 13.1 Å². The molecule has 1 atom stereocenters. The van der Waals surface area contributed by atoms with Crippen molar-refractivity contribution in [2.45, 2.75) is 56.8 Å². The molecule has 0 aromatic carbocycles. The first-order valence-corrected chi connectivity index (χ1v) is 11.7. The number of carbonyl (C=O) groups excluding carboxylic acids is 1. The van der Waals surface area contributed by atoms with Crippen LogP contribution in [-0.2, 0) is 17.3 Å². The molecule has 2 aliphatic rings. The Labute approximate surface area is 190 Å². The molecule has 0 spiro atoms. The van der Waals surface area contributed by atoms with E-state index in [0.717, 1.165) is 18.4 Å². The van der Waals surface area contributed by atoms with Crippen LogP contribution in [0.3, 0.4) is 0 Å². The van der Waals surface area contributed by atoms with E-state index in [4.69, 9.17) is 4.74 Å². The molecular formula is C21H22F3N5O3S. The van der Waals surface area contributed by atoms with E-state index in [2.05, 4.69) is 15.0 Å². The average Bonchev–Trinajstić information content (AvgIpc) is 3.31. The SMILES string of the molecule is O=C(OC1CCCCc2sc(C(F)(F)F)nc21)N1CCC(n2c(=O)[nH]c3ncccc32)CC1. The molecule has 1 aliphatic carbocycles. The first-order chi connectivity index (χ1) is 15.8. The van der Waals surface area contributed by atoms with E-state index in [1.165, 1.54) is 0 Å². The number of imidazole rings is 1. The normalized spacial score (nSPS) is 20.0. The van der Waals surface area contributed by atoms with Gasteiger partial charge >= 0.3 is 18.0 Å². The maximum absolute atomic E-state index is 13.1. The second kappa shape index (κ2) is 8.47. The molecule has 1 saturated heterocycles. The highest BCUT2D eigenvalue weighted by atomic mass is 32.1. The highest BCUT2D eigenvalue weighted by Gasteiger charge is 2.38. The van der Waals surface area contributed by atoms with E-state index in [-0.39, 0.29) is 17.4 Å². The fraction of sp³-hybridized carbons (Fsp3) is 0.524. The first kappa shape index (κ1) is 21.9. The van der Waals surface area contributed by atoms with E-state index < -0.39 is 23.4 Å². The number of ether oxygens (including phenoxy) is 1. The number of rotatable bonds is 2. The van der Waals surface area contributed by atoms with Crippen LogP contribution >= 0.6 is 11.3 Å². The number of hydrogen-bond donors (Lipinski definition) is 1. The van der Waals surface area contributed by atoms with Crippen molar-refractivity contribution >= 4 is 28.6 Å². The molecule has 176 valence electrons. The molecule has 3 aromatic rings. The molecular weight excluding hydrogens is 459 g/mol. The molecule has 0 bridgehead atoms. The molecule has 33 heavy (non-hydrogen) atoms. The van der Waals surface area contributed by atoms with Crippen LogP contribution in [0.1, 0.15) is 59.8 Å². The Morgan fingerprint density at radius 1 is 1.21 bits per heavy atom. The van der Waals surface area contributed by atoms with Gasteiger partial charge in [-0.3, -0.25) is 9.55 Å². The lowest BCUT2D eigenvalue weighted by Gasteiger charge is -2.32. The molecule has 1 unspecified atom stereocenters. The number of aryl methyl sites for hydroxylation is 1. The quantitative estimate of drug-likeness (QED) is 0.547. The summed E-state index contributed by atoms with van der Waals surface area (Å²) in [4.78, 5) is 38.1. The molecule has 1 aliphatic heterocycles. The van der Waals surface area contributed by atoms with Gasteiger partial charge in [0.05, 0.1) is 11.2 Å². The van der Waals surface area contributed by atoms with E-state index >= 15 is 0 Å². The number of fused-ring (bicyclic) bond motifs is 2. The van der Waals surface area contributed by atoms with Crippen LogP contribution in [0.25, 0.3) is 11.2 Å². The molecule has 0 saturated carbocycles. The number of pyridine rings is 1. The molecule has 1 fully saturated rings. The van der Waals surface area contributed by atoms with Gasteiger partial charge in [0.25, 0.3) is 0 Å². The Morgan fingerprint density at radius 3 is 2.76 bits per heavy atom. The predicted molar refractivity (Wildman–Crippen MR) is 114 cm³/mol. The molecule has 4 heterocycles. The Morgan fingerprint density at radius 2 is 2.00 bits per heavy atom. The number of aromatic amines is 1. The molecule has 8 nitrogen and oxygen atoms in total. The standard InChI is InChI=1S/C21H22F3N5O3S/c22-21(23,24)18-26-16-14(5-1-2-6-15(16)33-18)32-20(31)28-10-7-12(8-11-28)29-13-4-3-9-25-17(13)27-19(29)30/h3-4,9,12,14H,1-2,5-8,10-11H2,(H,25,27,30). The Bertz CT molecular complexity index is 1230. The lowest BCUT2D eigenvalue weighted by Crippen LogP contribution is -2.41. The van der Waals surface area contributed by atoms with Gasteiger partial charge in [-0.15, -0.1) is 11.3 Å². The Balaban J connectivity index is 1.27. The molecule has 5 rings (SSSR count). The van der Waals surface area contributed by atoms with Gasteiger partial charge in [-0.05, 0) is 50.7 Å². The van der Waals surface area contributed by atoms with Gasteiger partial charge in [0.1, 0.15) is 6.10 Å². The second-order valence-corrected chi connectivity index (χ2v) is 9.42. The summed E-state index contributed by atoms with van der Waals surface area (Å²) in [5.41, 5.74) is 1.25. The second-order valence-electron chi connectivity index (χ2n) is 8.33. The molecule has 0 radical (unpaired) electrons. The van der Waals surface area contributed by atoms with Crippen molar-refractivity contribution in [3.05, 3.63) is 44.4 Å². The number of carbonyl (C=O) groups is 1. The largest absolute Gasteiger partial charge is 0.443 e. The fourth-order valence-electron chi connectivity index (χ4n) is 4.61. The zero-order chi connectivity index (χ0) is 23.2. The number of halogens is 3. The summed E-state index contributed by atoms with van der Waals surface area (Å²) in [6, 6.07) is 3.51. The zero-order valence-corrected chi connectivity index (χ0v) is 18.4. The van der Waals surface area contributed by atoms with Crippen LogP contribution in [-0.4, -0.2) is 43.6 Å². The number of nitrogens with zero attached hydrogens (tertiary/aromatic N) is 4. The fourth-order valence-corrected chi connectivity index (χ4v) is 5.63. The summed E-state index contributed by atoms with van der Waals surface area (Å²) >= 11 is 0.642. The Hall–Kier alpha value is -2.89. The van der Waals surface area contributed by atoms with Gasteiger partial charge in [0, 0.05) is 30.2 Å². The predicted octanol–water partition coefficient (Wildman–Crippen LogP) is 4.44. The van der Waals surface area contributed by atoms with Crippen molar-refractivity contribution < 1.29 is 22.7 Å². The number of hydrogen-bond acceptors (Lipinski definition) is 6. The number of nitrogens with one attached hydrogen (secondary N) is 1. The van der Waals surface area contributed by atoms with E-state index in [1.807, 2.05) is 6.07 Å². The van der Waals surface area contributed by atoms with Gasteiger partial charge in [0.2, 0.25) is 0 Å². The van der Waals surface area contributed by atoms with Gasteiger partial charge in [-0.2, -0.15) is 13.2 Å². The van der Waals surface area contributed by atoms with E-state index in [9.17, 15) is 22.8 Å². The zero-order valence-electron chi connectivity index (χ0n) is 17.6. The molecule has 1 amide bonds. The minimum absolute atomic E-state index is 0.0862. The Kier molecular flexibility index (Phi) is 5.63. The lowest BCUT2D eigenvalue weighted by molar-refractivity contribution is -0.137. The van der Waals surface area contributed by atoms with Gasteiger partial charge in [-0.1, -0.05) is 0 Å². The summed E-state index contributed by atoms with van der Waals surface area (Å²) in [7, 11) is 0. The van der Waals surface area contributed by atoms with Gasteiger partial charge in [-0.25, -0.2) is 19.6 Å². The number of likely N-dealkylation sites (tertiary alicyclic amines) is 1. The first-order valence-electron chi connectivity index (χ1n) is 10.9. The maximum Gasteiger partial charge on any atom is 0.443 e. The van der Waals surface area contributed by atoms with Crippen LogP contribution in [0.15, 0.2) is 23.1 Å². The van der Waals surface area contributed by atoms with Crippen LogP contribution in [0, 0.1) is 0 Å². The van der Waals surface area contributed by atoms with Gasteiger partial charge < -0.3 is 9.64 Å². The summed E-state index contributed by atoms with van der Waals surface area (Å²) < 4.78 is 46.8. The van der Waals surface area contributed by atoms with Crippen molar-refractivity contribution in [2.24, 2.45) is 0 Å². The number of amides is 1. The number of H-pyrrole nitrogens is 1. The average molecular weight is 482 g/mol. The van der Waals surface area contributed by atoms with Crippen LogP contribution in [0.4, 0.5) is 18.0 Å². The maximum atomic E-state index is 13.1. The minimum atomic E-state index is -4.51. The number of piperidine rings is 1. The summed E-state index contributed by atoms with van der Waals surface area (Å²) in [5, 5.41) is -0.894. The summed E-state index contributed by atoms with van der Waals surface area (Å²) in [6.07, 6.45) is -0.664. The number of alkyl halides is 3. The summed E-state index contributed by atoms with van der Waals surface area (Å²) in [5.74, 6) is 0. The molecule has 1 N–H and O–H groups in total. The van der Waals surface area contributed by atoms with Crippen LogP contribution in [0.2, 0.25) is 0 Å². The molecule has 3 aromatic heterocycles. The highest BCUT2D eigenvalue weighted by Crippen LogP contribution is 2.40. The van der Waals surface area contributed by atoms with Crippen molar-refractivity contribution in [1.82, 2.24) is 24.4 Å². The van der Waals surface area contributed by atoms with Crippen molar-refractivity contribution in [3.63, 3.8) is 0 Å². The highest BCUT2D eigenvalue weighted by molar-refractivity contribution is 7.11. The van der Waals surface area contributed by atoms with Crippen molar-refractivity contribution in [3.8, 4) is 0 Å². The third-order valence-corrected chi connectivity index (χ3v) is 7.39. The number of thiazole rings is 1. The minimum Gasteiger partial charge on any atom is -0.440 e.